The van der Waals surface area contributed by atoms with Crippen molar-refractivity contribution in [3.05, 3.63) is 42.2 Å². The summed E-state index contributed by atoms with van der Waals surface area (Å²) in [5.74, 6) is 1.21. The van der Waals surface area contributed by atoms with E-state index in [9.17, 15) is 0 Å². The third-order valence-corrected chi connectivity index (χ3v) is 4.56. The molecule has 19 heavy (non-hydrogen) atoms. The number of benzene rings is 1. The minimum Gasteiger partial charge on any atom is -0.330 e. The van der Waals surface area contributed by atoms with Crippen LogP contribution in [-0.2, 0) is 0 Å². The highest BCUT2D eigenvalue weighted by molar-refractivity contribution is 5.85. The summed E-state index contributed by atoms with van der Waals surface area (Å²) in [7, 11) is 0. The lowest BCUT2D eigenvalue weighted by Crippen LogP contribution is -2.21. The van der Waals surface area contributed by atoms with E-state index in [1.54, 1.807) is 0 Å². The number of pyridine rings is 1. The molecule has 1 aromatic heterocycles. The largest absolute Gasteiger partial charge is 0.330 e. The summed E-state index contributed by atoms with van der Waals surface area (Å²) in [6, 6.07) is 8.59. The summed E-state index contributed by atoms with van der Waals surface area (Å²) in [5.41, 5.74) is 7.44. The van der Waals surface area contributed by atoms with Crippen LogP contribution in [-0.4, -0.2) is 11.5 Å². The van der Waals surface area contributed by atoms with Gasteiger partial charge in [-0.05, 0) is 42.2 Å². The second kappa shape index (κ2) is 5.70. The number of hydrogen-bond acceptors (Lipinski definition) is 2. The molecule has 100 valence electrons. The van der Waals surface area contributed by atoms with Gasteiger partial charge in [-0.1, -0.05) is 43.5 Å². The summed E-state index contributed by atoms with van der Waals surface area (Å²) in [6.07, 6.45) is 10.6. The van der Waals surface area contributed by atoms with Crippen LogP contribution in [0.3, 0.4) is 0 Å². The van der Waals surface area contributed by atoms with Gasteiger partial charge in [0.1, 0.15) is 0 Å². The molecule has 0 spiro atoms. The van der Waals surface area contributed by atoms with E-state index < -0.39 is 0 Å². The zero-order valence-corrected chi connectivity index (χ0v) is 11.4. The molecule has 3 rings (SSSR count). The summed E-state index contributed by atoms with van der Waals surface area (Å²) in [6.45, 7) is 0.799. The van der Waals surface area contributed by atoms with Crippen molar-refractivity contribution in [1.82, 2.24) is 4.98 Å². The quantitative estimate of drug-likeness (QED) is 0.827. The van der Waals surface area contributed by atoms with E-state index in [1.165, 1.54) is 48.4 Å². The Morgan fingerprint density at radius 3 is 2.79 bits per heavy atom. The van der Waals surface area contributed by atoms with Crippen LogP contribution in [0.25, 0.3) is 10.8 Å². The van der Waals surface area contributed by atoms with Crippen molar-refractivity contribution in [1.29, 1.82) is 0 Å². The summed E-state index contributed by atoms with van der Waals surface area (Å²) in [5, 5.41) is 2.61. The molecule has 2 heteroatoms. The molecule has 0 bridgehead atoms. The van der Waals surface area contributed by atoms with E-state index in [0.717, 1.165) is 6.54 Å². The van der Waals surface area contributed by atoms with Gasteiger partial charge in [-0.2, -0.15) is 0 Å². The molecule has 0 aliphatic heterocycles. The van der Waals surface area contributed by atoms with Crippen molar-refractivity contribution in [2.24, 2.45) is 11.7 Å². The summed E-state index contributed by atoms with van der Waals surface area (Å²) < 4.78 is 0. The molecular formula is C17H22N2. The molecule has 2 unspecified atom stereocenters. The van der Waals surface area contributed by atoms with Gasteiger partial charge >= 0.3 is 0 Å². The fourth-order valence-electron chi connectivity index (χ4n) is 3.51. The van der Waals surface area contributed by atoms with Gasteiger partial charge in [0.2, 0.25) is 0 Å². The molecule has 1 heterocycles. The molecule has 1 fully saturated rings. The van der Waals surface area contributed by atoms with E-state index in [1.807, 2.05) is 6.20 Å². The molecular weight excluding hydrogens is 232 g/mol. The van der Waals surface area contributed by atoms with Gasteiger partial charge in [0.25, 0.3) is 0 Å². The summed E-state index contributed by atoms with van der Waals surface area (Å²) in [4.78, 5) is 4.45. The molecule has 0 amide bonds. The van der Waals surface area contributed by atoms with Gasteiger partial charge in [0.05, 0.1) is 0 Å². The molecule has 0 radical (unpaired) electrons. The Morgan fingerprint density at radius 2 is 1.89 bits per heavy atom. The fourth-order valence-corrected chi connectivity index (χ4v) is 3.51. The van der Waals surface area contributed by atoms with Crippen LogP contribution >= 0.6 is 0 Å². The second-order valence-corrected chi connectivity index (χ2v) is 5.69. The highest BCUT2D eigenvalue weighted by atomic mass is 14.6. The van der Waals surface area contributed by atoms with Crippen molar-refractivity contribution in [3.63, 3.8) is 0 Å². The first-order valence-electron chi connectivity index (χ1n) is 7.43. The molecule has 1 aliphatic carbocycles. The van der Waals surface area contributed by atoms with Crippen LogP contribution in [0.4, 0.5) is 0 Å². The third kappa shape index (κ3) is 2.50. The van der Waals surface area contributed by atoms with Crippen LogP contribution in [0.5, 0.6) is 0 Å². The molecule has 2 nitrogen and oxygen atoms in total. The zero-order chi connectivity index (χ0) is 13.1. The topological polar surface area (TPSA) is 38.9 Å². The molecule has 2 N–H and O–H groups in total. The predicted molar refractivity (Wildman–Crippen MR) is 80.1 cm³/mol. The molecule has 0 saturated heterocycles. The highest BCUT2D eigenvalue weighted by Crippen LogP contribution is 2.38. The molecule has 1 aliphatic rings. The predicted octanol–water partition coefficient (Wildman–Crippen LogP) is 3.86. The smallest absolute Gasteiger partial charge is 0.0346 e. The van der Waals surface area contributed by atoms with Crippen molar-refractivity contribution in [3.8, 4) is 0 Å². The average Bonchev–Trinajstić information content (AvgIpc) is 2.71. The Kier molecular flexibility index (Phi) is 3.79. The lowest BCUT2D eigenvalue weighted by molar-refractivity contribution is 0.409. The number of rotatable bonds is 2. The zero-order valence-electron chi connectivity index (χ0n) is 11.4. The van der Waals surface area contributed by atoms with Crippen molar-refractivity contribution in [2.75, 3.05) is 6.54 Å². The van der Waals surface area contributed by atoms with Crippen LogP contribution in [0.15, 0.2) is 36.7 Å². The van der Waals surface area contributed by atoms with Crippen molar-refractivity contribution < 1.29 is 0 Å². The minimum absolute atomic E-state index is 0.589. The number of fused-ring (bicyclic) bond motifs is 1. The van der Waals surface area contributed by atoms with E-state index in [0.29, 0.717) is 11.8 Å². The normalized spacial score (nSPS) is 24.3. The Balaban J connectivity index is 2.06. The monoisotopic (exact) mass is 254 g/mol. The van der Waals surface area contributed by atoms with Crippen LogP contribution in [0.2, 0.25) is 0 Å². The van der Waals surface area contributed by atoms with Crippen molar-refractivity contribution in [2.45, 2.75) is 38.0 Å². The second-order valence-electron chi connectivity index (χ2n) is 5.69. The maximum absolute atomic E-state index is 6.02. The van der Waals surface area contributed by atoms with Crippen LogP contribution in [0.1, 0.15) is 43.6 Å². The number of nitrogens with zero attached hydrogens (tertiary/aromatic N) is 1. The van der Waals surface area contributed by atoms with Gasteiger partial charge in [-0.25, -0.2) is 0 Å². The highest BCUT2D eigenvalue weighted by Gasteiger charge is 2.25. The Morgan fingerprint density at radius 1 is 1.05 bits per heavy atom. The van der Waals surface area contributed by atoms with Crippen LogP contribution in [0, 0.1) is 5.92 Å². The summed E-state index contributed by atoms with van der Waals surface area (Å²) >= 11 is 0. The fraction of sp³-hybridized carbons (Fsp3) is 0.471. The number of hydrogen-bond donors (Lipinski definition) is 1. The lowest BCUT2D eigenvalue weighted by atomic mass is 9.81. The Labute approximate surface area is 115 Å². The van der Waals surface area contributed by atoms with E-state index in [-0.39, 0.29) is 0 Å². The number of aromatic nitrogens is 1. The van der Waals surface area contributed by atoms with Crippen LogP contribution < -0.4 is 5.73 Å². The van der Waals surface area contributed by atoms with E-state index in [4.69, 9.17) is 5.73 Å². The van der Waals surface area contributed by atoms with Gasteiger partial charge < -0.3 is 5.73 Å². The van der Waals surface area contributed by atoms with Gasteiger partial charge in [-0.3, -0.25) is 4.98 Å². The first-order chi connectivity index (χ1) is 9.40. The lowest BCUT2D eigenvalue weighted by Gasteiger charge is -2.25. The first-order valence-corrected chi connectivity index (χ1v) is 7.43. The Bertz CT molecular complexity index is 544. The van der Waals surface area contributed by atoms with Gasteiger partial charge in [0.15, 0.2) is 0 Å². The van der Waals surface area contributed by atoms with Gasteiger partial charge in [0, 0.05) is 17.8 Å². The number of nitrogens with two attached hydrogens (primary N) is 1. The minimum atomic E-state index is 0.589. The van der Waals surface area contributed by atoms with E-state index in [2.05, 4.69) is 35.4 Å². The SMILES string of the molecule is NCC1CCCCCC1c1cncc2ccccc12. The van der Waals surface area contributed by atoms with Crippen molar-refractivity contribution >= 4 is 10.8 Å². The third-order valence-electron chi connectivity index (χ3n) is 4.56. The molecule has 1 aromatic carbocycles. The molecule has 2 atom stereocenters. The Hall–Kier alpha value is -1.41. The van der Waals surface area contributed by atoms with Gasteiger partial charge in [-0.15, -0.1) is 0 Å². The molecule has 2 aromatic rings. The standard InChI is InChI=1S/C17H22N2/c18-10-13-6-2-1-3-8-15(13)17-12-19-11-14-7-4-5-9-16(14)17/h4-5,7,9,11-13,15H,1-3,6,8,10,18H2. The average molecular weight is 254 g/mol. The first kappa shape index (κ1) is 12.6. The van der Waals surface area contributed by atoms with E-state index >= 15 is 0 Å². The molecule has 1 saturated carbocycles. The maximum Gasteiger partial charge on any atom is 0.0346 e. The maximum atomic E-state index is 6.02.